The van der Waals surface area contributed by atoms with Gasteiger partial charge in [0.25, 0.3) is 5.91 Å². The van der Waals surface area contributed by atoms with Crippen LogP contribution in [0.25, 0.3) is 0 Å². The fraction of sp³-hybridized carbons (Fsp3) is 0.389. The van der Waals surface area contributed by atoms with Gasteiger partial charge in [0.15, 0.2) is 5.16 Å². The van der Waals surface area contributed by atoms with E-state index in [1.165, 1.54) is 22.9 Å². The number of carbonyl (C=O) groups excluding carboxylic acids is 1. The number of hydrogen-bond acceptors (Lipinski definition) is 5. The third-order valence-corrected chi connectivity index (χ3v) is 4.77. The fourth-order valence-corrected chi connectivity index (χ4v) is 3.31. The first-order valence-electron chi connectivity index (χ1n) is 8.11. The quantitative estimate of drug-likeness (QED) is 0.668. The Labute approximate surface area is 146 Å². The van der Waals surface area contributed by atoms with E-state index < -0.39 is 0 Å². The number of nitrogens with zero attached hydrogens (tertiary/aromatic N) is 3. The maximum Gasteiger partial charge on any atom is 0.254 e. The Morgan fingerprint density at radius 2 is 2.00 bits per heavy atom. The van der Waals surface area contributed by atoms with Crippen LogP contribution in [0.2, 0.25) is 0 Å². The highest BCUT2D eigenvalue weighted by Gasteiger charge is 2.19. The average molecular weight is 342 g/mol. The molecular weight excluding hydrogens is 320 g/mol. The Bertz CT molecular complexity index is 704. The van der Waals surface area contributed by atoms with E-state index in [4.69, 9.17) is 0 Å². The number of benzene rings is 1. The molecule has 126 valence electrons. The van der Waals surface area contributed by atoms with Gasteiger partial charge in [-0.25, -0.2) is 9.97 Å². The minimum absolute atomic E-state index is 0.0722. The van der Waals surface area contributed by atoms with Crippen molar-refractivity contribution in [1.29, 1.82) is 0 Å². The molecule has 0 aliphatic carbocycles. The van der Waals surface area contributed by atoms with Crippen molar-refractivity contribution in [2.45, 2.75) is 31.1 Å². The molecule has 1 aromatic carbocycles. The maximum atomic E-state index is 12.3. The topological polar surface area (TPSA) is 58.1 Å². The summed E-state index contributed by atoms with van der Waals surface area (Å²) in [5.41, 5.74) is 3.34. The van der Waals surface area contributed by atoms with Gasteiger partial charge in [-0.15, -0.1) is 0 Å². The summed E-state index contributed by atoms with van der Waals surface area (Å²) in [6.45, 7) is 4.85. The van der Waals surface area contributed by atoms with E-state index in [1.807, 2.05) is 13.2 Å². The van der Waals surface area contributed by atoms with Crippen LogP contribution in [0.1, 0.15) is 28.4 Å². The van der Waals surface area contributed by atoms with Gasteiger partial charge in [0.05, 0.1) is 5.56 Å². The number of thioether (sulfide) groups is 1. The number of carbonyl (C=O) groups is 1. The Morgan fingerprint density at radius 3 is 2.71 bits per heavy atom. The molecule has 1 aliphatic heterocycles. The Morgan fingerprint density at radius 1 is 1.29 bits per heavy atom. The van der Waals surface area contributed by atoms with Crippen molar-refractivity contribution >= 4 is 17.7 Å². The molecule has 2 aromatic rings. The number of nitrogens with one attached hydrogen (secondary N) is 1. The highest BCUT2D eigenvalue weighted by atomic mass is 32.2. The van der Waals surface area contributed by atoms with Crippen molar-refractivity contribution in [3.8, 4) is 0 Å². The Kier molecular flexibility index (Phi) is 5.48. The monoisotopic (exact) mass is 342 g/mol. The van der Waals surface area contributed by atoms with Crippen LogP contribution in [0.3, 0.4) is 0 Å². The zero-order chi connectivity index (χ0) is 16.9. The minimum Gasteiger partial charge on any atom is -0.348 e. The molecular formula is C18H22N4OS. The molecule has 24 heavy (non-hydrogen) atoms. The molecule has 1 unspecified atom stereocenters. The molecule has 0 saturated carbocycles. The number of rotatable bonds is 5. The Hall–Kier alpha value is -1.92. The summed E-state index contributed by atoms with van der Waals surface area (Å²) in [7, 11) is 0. The van der Waals surface area contributed by atoms with Gasteiger partial charge in [-0.3, -0.25) is 9.69 Å². The smallest absolute Gasteiger partial charge is 0.254 e. The van der Waals surface area contributed by atoms with Gasteiger partial charge in [-0.1, -0.05) is 36.0 Å². The van der Waals surface area contributed by atoms with Gasteiger partial charge >= 0.3 is 0 Å². The summed E-state index contributed by atoms with van der Waals surface area (Å²) in [5.74, 6) is -0.118. The first-order valence-corrected chi connectivity index (χ1v) is 9.34. The molecule has 0 bridgehead atoms. The third kappa shape index (κ3) is 4.13. The van der Waals surface area contributed by atoms with Crippen molar-refractivity contribution in [3.05, 3.63) is 53.3 Å². The summed E-state index contributed by atoms with van der Waals surface area (Å²) in [6, 6.07) is 8.65. The number of amides is 1. The van der Waals surface area contributed by atoms with E-state index in [0.717, 1.165) is 26.1 Å². The van der Waals surface area contributed by atoms with Crippen LogP contribution in [0.4, 0.5) is 0 Å². The fourth-order valence-electron chi connectivity index (χ4n) is 2.99. The molecule has 0 saturated heterocycles. The molecule has 0 spiro atoms. The third-order valence-electron chi connectivity index (χ3n) is 4.19. The first kappa shape index (κ1) is 16.9. The second-order valence-corrected chi connectivity index (χ2v) is 6.86. The van der Waals surface area contributed by atoms with Crippen LogP contribution in [0, 0.1) is 0 Å². The summed E-state index contributed by atoms with van der Waals surface area (Å²) in [4.78, 5) is 23.0. The number of aromatic nitrogens is 2. The zero-order valence-corrected chi connectivity index (χ0v) is 14.8. The predicted molar refractivity (Wildman–Crippen MR) is 96.2 cm³/mol. The van der Waals surface area contributed by atoms with Gasteiger partial charge in [0.1, 0.15) is 0 Å². The first-order chi connectivity index (χ1) is 11.7. The highest BCUT2D eigenvalue weighted by molar-refractivity contribution is 7.98. The van der Waals surface area contributed by atoms with Crippen molar-refractivity contribution < 1.29 is 4.79 Å². The lowest BCUT2D eigenvalue weighted by Crippen LogP contribution is -2.43. The average Bonchev–Trinajstić information content (AvgIpc) is 2.61. The molecule has 1 N–H and O–H groups in total. The van der Waals surface area contributed by atoms with E-state index in [2.05, 4.69) is 44.5 Å². The van der Waals surface area contributed by atoms with Crippen LogP contribution in [0.15, 0.2) is 41.8 Å². The van der Waals surface area contributed by atoms with Crippen molar-refractivity contribution in [2.75, 3.05) is 19.3 Å². The van der Waals surface area contributed by atoms with E-state index in [1.54, 1.807) is 12.4 Å². The molecule has 0 fully saturated rings. The summed E-state index contributed by atoms with van der Waals surface area (Å²) in [6.07, 6.45) is 6.14. The van der Waals surface area contributed by atoms with E-state index in [-0.39, 0.29) is 11.9 Å². The van der Waals surface area contributed by atoms with E-state index in [9.17, 15) is 4.79 Å². The second kappa shape index (κ2) is 7.77. The molecule has 1 aliphatic rings. The molecule has 5 nitrogen and oxygen atoms in total. The Balaban J connectivity index is 1.54. The minimum atomic E-state index is -0.118. The summed E-state index contributed by atoms with van der Waals surface area (Å²) >= 11 is 1.46. The molecule has 1 amide bonds. The normalized spacial score (nSPS) is 15.6. The molecule has 3 rings (SSSR count). The van der Waals surface area contributed by atoms with Crippen LogP contribution in [0.5, 0.6) is 0 Å². The van der Waals surface area contributed by atoms with Crippen LogP contribution in [-0.2, 0) is 13.0 Å². The SMILES string of the molecule is CSc1ncc(C(=O)NC(C)CN2CCc3ccccc3C2)cn1. The van der Waals surface area contributed by atoms with Crippen molar-refractivity contribution in [1.82, 2.24) is 20.2 Å². The highest BCUT2D eigenvalue weighted by Crippen LogP contribution is 2.18. The van der Waals surface area contributed by atoms with E-state index >= 15 is 0 Å². The van der Waals surface area contributed by atoms with Gasteiger partial charge < -0.3 is 5.32 Å². The summed E-state index contributed by atoms with van der Waals surface area (Å²) < 4.78 is 0. The maximum absolute atomic E-state index is 12.3. The molecule has 6 heteroatoms. The lowest BCUT2D eigenvalue weighted by atomic mass is 10.00. The second-order valence-electron chi connectivity index (χ2n) is 6.09. The number of fused-ring (bicyclic) bond motifs is 1. The largest absolute Gasteiger partial charge is 0.348 e. The standard InChI is InChI=1S/C18H22N4OS/c1-13(21-17(23)16-9-19-18(24-2)20-10-16)11-22-8-7-14-5-3-4-6-15(14)12-22/h3-6,9-10,13H,7-8,11-12H2,1-2H3,(H,21,23). The lowest BCUT2D eigenvalue weighted by molar-refractivity contribution is 0.0926. The number of hydrogen-bond donors (Lipinski definition) is 1. The predicted octanol–water partition coefficient (Wildman–Crippen LogP) is 2.38. The van der Waals surface area contributed by atoms with Gasteiger partial charge in [0, 0.05) is 38.1 Å². The van der Waals surface area contributed by atoms with Crippen LogP contribution in [-0.4, -0.2) is 46.2 Å². The van der Waals surface area contributed by atoms with Crippen LogP contribution >= 0.6 is 11.8 Å². The van der Waals surface area contributed by atoms with Gasteiger partial charge in [0.2, 0.25) is 0 Å². The molecule has 1 aromatic heterocycles. The van der Waals surface area contributed by atoms with Gasteiger partial charge in [-0.05, 0) is 30.7 Å². The molecule has 0 radical (unpaired) electrons. The zero-order valence-electron chi connectivity index (χ0n) is 14.0. The van der Waals surface area contributed by atoms with Crippen molar-refractivity contribution in [2.24, 2.45) is 0 Å². The molecule has 1 atom stereocenters. The van der Waals surface area contributed by atoms with Crippen LogP contribution < -0.4 is 5.32 Å². The lowest BCUT2D eigenvalue weighted by Gasteiger charge is -2.31. The van der Waals surface area contributed by atoms with E-state index in [0.29, 0.717) is 10.7 Å². The van der Waals surface area contributed by atoms with Gasteiger partial charge in [-0.2, -0.15) is 0 Å². The molecule has 2 heterocycles. The summed E-state index contributed by atoms with van der Waals surface area (Å²) in [5, 5.41) is 3.71. The van der Waals surface area contributed by atoms with Crippen molar-refractivity contribution in [3.63, 3.8) is 0 Å².